The Morgan fingerprint density at radius 1 is 1.47 bits per heavy atom. The maximum absolute atomic E-state index is 9.33. The summed E-state index contributed by atoms with van der Waals surface area (Å²) in [6.07, 6.45) is -0.291. The van der Waals surface area contributed by atoms with Crippen LogP contribution in [0.1, 0.15) is 19.5 Å². The van der Waals surface area contributed by atoms with Crippen LogP contribution in [0.5, 0.6) is 5.88 Å². The number of rotatable bonds is 5. The number of aromatic nitrogens is 1. The first-order valence-corrected chi connectivity index (χ1v) is 5.98. The van der Waals surface area contributed by atoms with Crippen LogP contribution in [0.25, 0.3) is 0 Å². The first-order chi connectivity index (χ1) is 7.13. The molecule has 1 heterocycles. The van der Waals surface area contributed by atoms with Crippen molar-refractivity contribution in [2.75, 3.05) is 7.11 Å². The average Bonchev–Trinajstić information content (AvgIpc) is 2.26. The molecule has 0 fully saturated rings. The maximum atomic E-state index is 9.33. The molecule has 3 nitrogen and oxygen atoms in total. The molecule has 1 N–H and O–H groups in total. The largest absolute Gasteiger partial charge is 0.481 e. The second kappa shape index (κ2) is 5.98. The molecule has 2 atom stereocenters. The van der Waals surface area contributed by atoms with Crippen LogP contribution in [-0.2, 0) is 5.75 Å². The number of hydrogen-bond donors (Lipinski definition) is 1. The highest BCUT2D eigenvalue weighted by Crippen LogP contribution is 2.20. The van der Waals surface area contributed by atoms with Gasteiger partial charge < -0.3 is 9.84 Å². The summed E-state index contributed by atoms with van der Waals surface area (Å²) in [5.41, 5.74) is 0.979. The van der Waals surface area contributed by atoms with E-state index in [0.717, 1.165) is 11.4 Å². The molecule has 0 aliphatic carbocycles. The van der Waals surface area contributed by atoms with Crippen molar-refractivity contribution in [2.24, 2.45) is 0 Å². The lowest BCUT2D eigenvalue weighted by molar-refractivity contribution is 0.196. The molecule has 0 saturated heterocycles. The van der Waals surface area contributed by atoms with Crippen molar-refractivity contribution in [3.63, 3.8) is 0 Å². The number of aliphatic hydroxyl groups is 1. The zero-order valence-electron chi connectivity index (χ0n) is 9.30. The first-order valence-electron chi connectivity index (χ1n) is 4.93. The third-order valence-corrected chi connectivity index (χ3v) is 3.55. The molecule has 15 heavy (non-hydrogen) atoms. The van der Waals surface area contributed by atoms with Crippen molar-refractivity contribution in [1.29, 1.82) is 0 Å². The normalized spacial score (nSPS) is 14.7. The van der Waals surface area contributed by atoms with E-state index in [1.54, 1.807) is 25.8 Å². The van der Waals surface area contributed by atoms with E-state index in [-0.39, 0.29) is 11.4 Å². The van der Waals surface area contributed by atoms with Crippen LogP contribution >= 0.6 is 11.8 Å². The fraction of sp³-hybridized carbons (Fsp3) is 0.545. The summed E-state index contributed by atoms with van der Waals surface area (Å²) >= 11 is 1.69. The van der Waals surface area contributed by atoms with E-state index in [0.29, 0.717) is 5.88 Å². The summed E-state index contributed by atoms with van der Waals surface area (Å²) in [5, 5.41) is 9.55. The predicted octanol–water partition coefficient (Wildman–Crippen LogP) is 2.09. The van der Waals surface area contributed by atoms with Crippen LogP contribution in [-0.4, -0.2) is 28.6 Å². The molecule has 0 amide bonds. The van der Waals surface area contributed by atoms with Gasteiger partial charge in [-0.2, -0.15) is 0 Å². The van der Waals surface area contributed by atoms with Crippen molar-refractivity contribution in [1.82, 2.24) is 4.98 Å². The number of nitrogens with zero attached hydrogens (tertiary/aromatic N) is 1. The van der Waals surface area contributed by atoms with Crippen LogP contribution in [0.4, 0.5) is 0 Å². The summed E-state index contributed by atoms with van der Waals surface area (Å²) in [4.78, 5) is 4.30. The van der Waals surface area contributed by atoms with Gasteiger partial charge in [0.1, 0.15) is 0 Å². The fourth-order valence-corrected chi connectivity index (χ4v) is 1.88. The van der Waals surface area contributed by atoms with Gasteiger partial charge in [-0.25, -0.2) is 4.98 Å². The number of thioether (sulfide) groups is 1. The molecule has 1 aromatic rings. The molecular weight excluding hydrogens is 210 g/mol. The molecule has 4 heteroatoms. The first kappa shape index (κ1) is 12.3. The molecule has 1 rings (SSSR count). The van der Waals surface area contributed by atoms with Gasteiger partial charge in [-0.15, -0.1) is 11.8 Å². The third-order valence-electron chi connectivity index (χ3n) is 2.16. The topological polar surface area (TPSA) is 42.4 Å². The van der Waals surface area contributed by atoms with Crippen molar-refractivity contribution >= 4 is 11.8 Å². The third kappa shape index (κ3) is 4.10. The maximum Gasteiger partial charge on any atom is 0.213 e. The highest BCUT2D eigenvalue weighted by atomic mass is 32.2. The quantitative estimate of drug-likeness (QED) is 0.836. The Morgan fingerprint density at radius 2 is 2.20 bits per heavy atom. The second-order valence-electron chi connectivity index (χ2n) is 3.43. The van der Waals surface area contributed by atoms with E-state index in [2.05, 4.69) is 4.98 Å². The van der Waals surface area contributed by atoms with Gasteiger partial charge in [0.05, 0.1) is 18.9 Å². The van der Waals surface area contributed by atoms with Gasteiger partial charge in [-0.3, -0.25) is 0 Å². The van der Waals surface area contributed by atoms with Gasteiger partial charge in [-0.05, 0) is 13.0 Å². The van der Waals surface area contributed by atoms with Crippen LogP contribution in [0.3, 0.4) is 0 Å². The molecule has 0 bridgehead atoms. The molecule has 0 spiro atoms. The zero-order chi connectivity index (χ0) is 11.3. The van der Waals surface area contributed by atoms with Gasteiger partial charge in [0.2, 0.25) is 5.88 Å². The van der Waals surface area contributed by atoms with E-state index in [1.165, 1.54) is 0 Å². The van der Waals surface area contributed by atoms with E-state index < -0.39 is 0 Å². The zero-order valence-corrected chi connectivity index (χ0v) is 10.1. The number of ether oxygens (including phenoxy) is 1. The van der Waals surface area contributed by atoms with Gasteiger partial charge in [0, 0.05) is 17.1 Å². The van der Waals surface area contributed by atoms with Crippen molar-refractivity contribution in [3.05, 3.63) is 23.9 Å². The summed E-state index contributed by atoms with van der Waals surface area (Å²) in [6, 6.07) is 5.71. The van der Waals surface area contributed by atoms with Crippen molar-refractivity contribution in [3.8, 4) is 5.88 Å². The molecule has 2 unspecified atom stereocenters. The van der Waals surface area contributed by atoms with E-state index in [1.807, 2.05) is 25.1 Å². The highest BCUT2D eigenvalue weighted by molar-refractivity contribution is 7.99. The van der Waals surface area contributed by atoms with E-state index in [4.69, 9.17) is 4.74 Å². The summed E-state index contributed by atoms with van der Waals surface area (Å²) in [6.45, 7) is 3.81. The molecule has 0 aliphatic heterocycles. The Balaban J connectivity index is 2.50. The minimum Gasteiger partial charge on any atom is -0.481 e. The molecule has 84 valence electrons. The Morgan fingerprint density at radius 3 is 2.80 bits per heavy atom. The molecular formula is C11H17NO2S. The van der Waals surface area contributed by atoms with Gasteiger partial charge in [-0.1, -0.05) is 13.0 Å². The lowest BCUT2D eigenvalue weighted by Crippen LogP contribution is -2.15. The van der Waals surface area contributed by atoms with Gasteiger partial charge >= 0.3 is 0 Å². The van der Waals surface area contributed by atoms with Crippen LogP contribution in [0, 0.1) is 0 Å². The van der Waals surface area contributed by atoms with Gasteiger partial charge in [0.15, 0.2) is 0 Å². The second-order valence-corrected chi connectivity index (χ2v) is 4.79. The average molecular weight is 227 g/mol. The summed E-state index contributed by atoms with van der Waals surface area (Å²) in [7, 11) is 1.61. The Hall–Kier alpha value is -0.740. The van der Waals surface area contributed by atoms with Crippen LogP contribution in [0.2, 0.25) is 0 Å². The number of pyridine rings is 1. The predicted molar refractivity (Wildman–Crippen MR) is 63.2 cm³/mol. The smallest absolute Gasteiger partial charge is 0.213 e. The van der Waals surface area contributed by atoms with Crippen LogP contribution < -0.4 is 4.74 Å². The van der Waals surface area contributed by atoms with Gasteiger partial charge in [0.25, 0.3) is 0 Å². The van der Waals surface area contributed by atoms with Crippen molar-refractivity contribution in [2.45, 2.75) is 31.0 Å². The molecule has 1 aromatic heterocycles. The monoisotopic (exact) mass is 227 g/mol. The number of methoxy groups -OCH3 is 1. The lowest BCUT2D eigenvalue weighted by Gasteiger charge is -2.13. The van der Waals surface area contributed by atoms with E-state index >= 15 is 0 Å². The molecule has 0 aliphatic rings. The molecule has 0 saturated carbocycles. The summed E-state index contributed by atoms with van der Waals surface area (Å²) in [5.74, 6) is 1.43. The highest BCUT2D eigenvalue weighted by Gasteiger charge is 2.09. The van der Waals surface area contributed by atoms with Crippen molar-refractivity contribution < 1.29 is 9.84 Å². The standard InChI is InChI=1S/C11H17NO2S/c1-8(13)9(2)15-7-10-5-4-6-11(12-10)14-3/h4-6,8-9,13H,7H2,1-3H3. The Kier molecular flexibility index (Phi) is 4.91. The number of aliphatic hydroxyl groups excluding tert-OH is 1. The molecule has 0 aromatic carbocycles. The Labute approximate surface area is 94.9 Å². The fourth-order valence-electron chi connectivity index (χ4n) is 1.01. The summed E-state index contributed by atoms with van der Waals surface area (Å²) < 4.78 is 5.04. The molecule has 0 radical (unpaired) electrons. The SMILES string of the molecule is COc1cccc(CSC(C)C(C)O)n1. The van der Waals surface area contributed by atoms with E-state index in [9.17, 15) is 5.11 Å². The minimum absolute atomic E-state index is 0.220. The minimum atomic E-state index is -0.291. The lowest BCUT2D eigenvalue weighted by atomic mass is 10.3. The number of hydrogen-bond acceptors (Lipinski definition) is 4. The Bertz CT molecular complexity index is 304. The van der Waals surface area contributed by atoms with Crippen LogP contribution in [0.15, 0.2) is 18.2 Å².